The minimum atomic E-state index is -1.03. The third-order valence-electron chi connectivity index (χ3n) is 4.05. The van der Waals surface area contributed by atoms with E-state index in [4.69, 9.17) is 5.11 Å². The summed E-state index contributed by atoms with van der Waals surface area (Å²) in [5.74, 6) is -0.228. The number of aliphatic hydroxyl groups excluding tert-OH is 3. The molecule has 2 rings (SSSR count). The molecule has 21 heavy (non-hydrogen) atoms. The molecular formula is C15H22N2O4. The molecule has 116 valence electrons. The van der Waals surface area contributed by atoms with E-state index >= 15 is 0 Å². The molecule has 0 spiro atoms. The lowest BCUT2D eigenvalue weighted by molar-refractivity contribution is 0.0197. The van der Waals surface area contributed by atoms with Crippen molar-refractivity contribution in [3.8, 4) is 0 Å². The maximum atomic E-state index is 12.1. The maximum Gasteiger partial charge on any atom is 0.251 e. The van der Waals surface area contributed by atoms with Crippen molar-refractivity contribution in [2.24, 2.45) is 0 Å². The second kappa shape index (κ2) is 6.53. The molecule has 1 aliphatic heterocycles. The van der Waals surface area contributed by atoms with Crippen LogP contribution >= 0.6 is 0 Å². The average molecular weight is 294 g/mol. The molecule has 5 N–H and O–H groups in total. The minimum absolute atomic E-state index is 0.181. The smallest absolute Gasteiger partial charge is 0.251 e. The highest BCUT2D eigenvalue weighted by molar-refractivity contribution is 5.94. The van der Waals surface area contributed by atoms with Crippen molar-refractivity contribution >= 4 is 5.91 Å². The van der Waals surface area contributed by atoms with E-state index in [9.17, 15) is 15.0 Å². The van der Waals surface area contributed by atoms with Gasteiger partial charge in [0.05, 0.1) is 30.9 Å². The Morgan fingerprint density at radius 2 is 1.86 bits per heavy atom. The Morgan fingerprint density at radius 1 is 1.19 bits per heavy atom. The van der Waals surface area contributed by atoms with Gasteiger partial charge in [-0.2, -0.15) is 0 Å². The first-order valence-corrected chi connectivity index (χ1v) is 7.02. The summed E-state index contributed by atoms with van der Waals surface area (Å²) >= 11 is 0. The number of carbonyl (C=O) groups is 1. The Hall–Kier alpha value is -1.47. The fraction of sp³-hybridized carbons (Fsp3) is 0.533. The summed E-state index contributed by atoms with van der Waals surface area (Å²) in [6.45, 7) is 3.84. The molecule has 1 fully saturated rings. The number of hydrogen-bond donors (Lipinski definition) is 5. The van der Waals surface area contributed by atoms with Gasteiger partial charge in [-0.15, -0.1) is 0 Å². The Morgan fingerprint density at radius 3 is 2.43 bits per heavy atom. The van der Waals surface area contributed by atoms with E-state index in [2.05, 4.69) is 10.6 Å². The number of carbonyl (C=O) groups excluding carboxylic acids is 1. The normalized spacial score (nSPS) is 28.6. The standard InChI is InChI=1S/C15H22N2O4/c1-8-3-4-10(5-9(8)2)15(21)16-6-11-13(19)14(20)12(7-18)17-11/h3-5,11-14,17-20H,6-7H2,1-2H3,(H,16,21)/t11-,12-,13-,14+/m1/s1. The number of aryl methyl sites for hydroxylation is 2. The first kappa shape index (κ1) is 15.9. The summed E-state index contributed by atoms with van der Waals surface area (Å²) in [6.07, 6.45) is -2.04. The molecule has 0 aliphatic carbocycles. The second-order valence-corrected chi connectivity index (χ2v) is 5.55. The van der Waals surface area contributed by atoms with Gasteiger partial charge in [-0.05, 0) is 37.1 Å². The lowest BCUT2D eigenvalue weighted by Gasteiger charge is -2.16. The van der Waals surface area contributed by atoms with Crippen LogP contribution in [0.4, 0.5) is 0 Å². The molecule has 0 saturated carbocycles. The topological polar surface area (TPSA) is 102 Å². The van der Waals surface area contributed by atoms with Crippen LogP contribution in [0, 0.1) is 13.8 Å². The van der Waals surface area contributed by atoms with E-state index in [1.807, 2.05) is 26.0 Å². The van der Waals surface area contributed by atoms with Gasteiger partial charge in [-0.1, -0.05) is 6.07 Å². The van der Waals surface area contributed by atoms with Crippen LogP contribution in [0.5, 0.6) is 0 Å². The van der Waals surface area contributed by atoms with Gasteiger partial charge < -0.3 is 26.0 Å². The number of aliphatic hydroxyl groups is 3. The molecule has 1 aliphatic rings. The molecule has 0 bridgehead atoms. The predicted octanol–water partition coefficient (Wildman–Crippen LogP) is -0.912. The van der Waals surface area contributed by atoms with Crippen LogP contribution in [-0.4, -0.2) is 58.7 Å². The SMILES string of the molecule is Cc1ccc(C(=O)NC[C@H]2N[C@H](CO)[C@H](O)[C@@H]2O)cc1C. The Kier molecular flexibility index (Phi) is 4.95. The van der Waals surface area contributed by atoms with Crippen molar-refractivity contribution in [3.05, 3.63) is 34.9 Å². The summed E-state index contributed by atoms with van der Waals surface area (Å²) < 4.78 is 0. The van der Waals surface area contributed by atoms with Gasteiger partial charge in [0.25, 0.3) is 5.91 Å². The molecule has 0 radical (unpaired) electrons. The zero-order chi connectivity index (χ0) is 15.6. The van der Waals surface area contributed by atoms with Crippen molar-refractivity contribution in [1.82, 2.24) is 10.6 Å². The zero-order valence-corrected chi connectivity index (χ0v) is 12.2. The molecule has 1 saturated heterocycles. The summed E-state index contributed by atoms with van der Waals surface area (Å²) in [7, 11) is 0. The van der Waals surface area contributed by atoms with Gasteiger partial charge in [0.15, 0.2) is 0 Å². The lowest BCUT2D eigenvalue weighted by atomic mass is 10.1. The maximum absolute atomic E-state index is 12.1. The van der Waals surface area contributed by atoms with E-state index in [0.717, 1.165) is 11.1 Å². The minimum Gasteiger partial charge on any atom is -0.395 e. The summed E-state index contributed by atoms with van der Waals surface area (Å²) in [5.41, 5.74) is 2.72. The molecule has 1 amide bonds. The quantitative estimate of drug-likeness (QED) is 0.495. The fourth-order valence-electron chi connectivity index (χ4n) is 2.48. The van der Waals surface area contributed by atoms with Gasteiger partial charge in [0.2, 0.25) is 0 Å². The third-order valence-corrected chi connectivity index (χ3v) is 4.05. The van der Waals surface area contributed by atoms with Crippen LogP contribution in [0.3, 0.4) is 0 Å². The molecule has 4 atom stereocenters. The largest absolute Gasteiger partial charge is 0.395 e. The molecule has 0 aromatic heterocycles. The van der Waals surface area contributed by atoms with E-state index in [0.29, 0.717) is 5.56 Å². The highest BCUT2D eigenvalue weighted by Crippen LogP contribution is 2.14. The molecule has 0 unspecified atom stereocenters. The molecule has 1 aromatic carbocycles. The molecule has 1 aromatic rings. The van der Waals surface area contributed by atoms with E-state index < -0.39 is 24.3 Å². The van der Waals surface area contributed by atoms with Crippen molar-refractivity contribution in [3.63, 3.8) is 0 Å². The number of amides is 1. The summed E-state index contributed by atoms with van der Waals surface area (Å²) in [5, 5.41) is 34.2. The van der Waals surface area contributed by atoms with Crippen LogP contribution in [0.25, 0.3) is 0 Å². The summed E-state index contributed by atoms with van der Waals surface area (Å²) in [4.78, 5) is 12.1. The number of benzene rings is 1. The van der Waals surface area contributed by atoms with Crippen LogP contribution < -0.4 is 10.6 Å². The first-order chi connectivity index (χ1) is 9.93. The van der Waals surface area contributed by atoms with Gasteiger partial charge in [-0.25, -0.2) is 0 Å². The fourth-order valence-corrected chi connectivity index (χ4v) is 2.48. The van der Waals surface area contributed by atoms with Gasteiger partial charge in [0, 0.05) is 12.1 Å². The number of rotatable bonds is 4. The average Bonchev–Trinajstić information content (AvgIpc) is 2.75. The molecule has 6 heteroatoms. The molecular weight excluding hydrogens is 272 g/mol. The van der Waals surface area contributed by atoms with Gasteiger partial charge >= 0.3 is 0 Å². The van der Waals surface area contributed by atoms with Crippen LogP contribution in [-0.2, 0) is 0 Å². The lowest BCUT2D eigenvalue weighted by Crippen LogP contribution is -2.44. The van der Waals surface area contributed by atoms with Crippen molar-refractivity contribution < 1.29 is 20.1 Å². The van der Waals surface area contributed by atoms with E-state index in [1.54, 1.807) is 6.07 Å². The first-order valence-electron chi connectivity index (χ1n) is 7.02. The van der Waals surface area contributed by atoms with Gasteiger partial charge in [-0.3, -0.25) is 4.79 Å². The number of nitrogens with one attached hydrogen (secondary N) is 2. The summed E-state index contributed by atoms with van der Waals surface area (Å²) in [6, 6.07) is 4.41. The molecule has 6 nitrogen and oxygen atoms in total. The highest BCUT2D eigenvalue weighted by Gasteiger charge is 2.40. The van der Waals surface area contributed by atoms with Crippen LogP contribution in [0.2, 0.25) is 0 Å². The van der Waals surface area contributed by atoms with Crippen molar-refractivity contribution in [2.75, 3.05) is 13.2 Å². The van der Waals surface area contributed by atoms with Crippen molar-refractivity contribution in [2.45, 2.75) is 38.1 Å². The van der Waals surface area contributed by atoms with Gasteiger partial charge in [0.1, 0.15) is 0 Å². The zero-order valence-electron chi connectivity index (χ0n) is 12.2. The molecule has 1 heterocycles. The third kappa shape index (κ3) is 3.41. The van der Waals surface area contributed by atoms with Crippen LogP contribution in [0.15, 0.2) is 18.2 Å². The van der Waals surface area contributed by atoms with E-state index in [1.165, 1.54) is 0 Å². The van der Waals surface area contributed by atoms with E-state index in [-0.39, 0.29) is 19.1 Å². The Balaban J connectivity index is 1.94. The Labute approximate surface area is 123 Å². The monoisotopic (exact) mass is 294 g/mol. The predicted molar refractivity (Wildman–Crippen MR) is 78.1 cm³/mol. The van der Waals surface area contributed by atoms with Crippen LogP contribution in [0.1, 0.15) is 21.5 Å². The second-order valence-electron chi connectivity index (χ2n) is 5.55. The van der Waals surface area contributed by atoms with Crippen molar-refractivity contribution in [1.29, 1.82) is 0 Å². The number of hydrogen-bond acceptors (Lipinski definition) is 5. The Bertz CT molecular complexity index is 520. The highest BCUT2D eigenvalue weighted by atomic mass is 16.3.